The minimum Gasteiger partial charge on any atom is -0.478 e. The molecule has 8 heteroatoms. The number of hydrogen-bond acceptors (Lipinski definition) is 7. The number of nitroso groups, excluding NO2 is 1. The lowest BCUT2D eigenvalue weighted by Crippen LogP contribution is -2.15. The Labute approximate surface area is 115 Å². The molecule has 0 saturated heterocycles. The second kappa shape index (κ2) is 8.73. The molecule has 0 amide bonds. The van der Waals surface area contributed by atoms with Crippen molar-refractivity contribution in [3.05, 3.63) is 40.0 Å². The van der Waals surface area contributed by atoms with Gasteiger partial charge in [0.25, 0.3) is 0 Å². The van der Waals surface area contributed by atoms with Crippen LogP contribution in [0.2, 0.25) is 0 Å². The molecular weight excluding hydrogens is 268 g/mol. The number of nitrogens with zero attached hydrogens (tertiary/aromatic N) is 1. The van der Waals surface area contributed by atoms with E-state index in [4.69, 9.17) is 15.7 Å². The van der Waals surface area contributed by atoms with Gasteiger partial charge in [-0.25, -0.2) is 9.59 Å². The Kier molecular flexibility index (Phi) is 7.71. The number of carbonyl (C=O) groups is 2. The van der Waals surface area contributed by atoms with Gasteiger partial charge in [-0.15, -0.1) is 4.91 Å². The SMILES string of the molecule is C=C(/C=C(C(=O)ON)\C(N=O)=C(/C)CCOC)C(=O)O. The lowest BCUT2D eigenvalue weighted by molar-refractivity contribution is -0.139. The van der Waals surface area contributed by atoms with Gasteiger partial charge in [-0.1, -0.05) is 6.58 Å². The van der Waals surface area contributed by atoms with Gasteiger partial charge in [-0.05, 0) is 30.2 Å². The van der Waals surface area contributed by atoms with Crippen LogP contribution in [0.15, 0.2) is 40.2 Å². The molecule has 8 nitrogen and oxygen atoms in total. The Balaban J connectivity index is 5.71. The number of ether oxygens (including phenoxy) is 1. The maximum Gasteiger partial charge on any atom is 0.358 e. The normalized spacial score (nSPS) is 12.4. The molecule has 0 unspecified atom stereocenters. The van der Waals surface area contributed by atoms with E-state index in [-0.39, 0.29) is 11.3 Å². The summed E-state index contributed by atoms with van der Waals surface area (Å²) in [4.78, 5) is 37.2. The standard InChI is InChI=1S/C12H16N2O6/c1-7(4-5-19-3)10(14-18)9(12(17)20-13)6-8(2)11(15)16/h6H,2,4-5,13H2,1,3H3,(H,15,16)/b9-6+,10-7-. The van der Waals surface area contributed by atoms with Crippen molar-refractivity contribution < 1.29 is 24.3 Å². The molecule has 0 saturated carbocycles. The number of carbonyl (C=O) groups excluding carboxylic acids is 1. The monoisotopic (exact) mass is 284 g/mol. The minimum absolute atomic E-state index is 0.250. The molecule has 20 heavy (non-hydrogen) atoms. The number of carboxylic acid groups (broad SMARTS) is 1. The van der Waals surface area contributed by atoms with Gasteiger partial charge in [0.2, 0.25) is 0 Å². The van der Waals surface area contributed by atoms with Crippen molar-refractivity contribution in [2.75, 3.05) is 13.7 Å². The molecule has 0 atom stereocenters. The molecule has 0 aliphatic heterocycles. The number of aliphatic carboxylic acids is 1. The average Bonchev–Trinajstić information content (AvgIpc) is 2.43. The van der Waals surface area contributed by atoms with Crippen molar-refractivity contribution in [3.8, 4) is 0 Å². The van der Waals surface area contributed by atoms with E-state index in [0.717, 1.165) is 6.08 Å². The predicted octanol–water partition coefficient (Wildman–Crippen LogP) is 1.05. The summed E-state index contributed by atoms with van der Waals surface area (Å²) in [5.41, 5.74) is -0.605. The van der Waals surface area contributed by atoms with Crippen LogP contribution in [0, 0.1) is 4.91 Å². The molecular formula is C12H16N2O6. The summed E-state index contributed by atoms with van der Waals surface area (Å²) in [6.45, 7) is 5.09. The van der Waals surface area contributed by atoms with Gasteiger partial charge in [0.1, 0.15) is 5.70 Å². The van der Waals surface area contributed by atoms with E-state index >= 15 is 0 Å². The summed E-state index contributed by atoms with van der Waals surface area (Å²) in [7, 11) is 1.47. The number of rotatable bonds is 8. The van der Waals surface area contributed by atoms with Crippen molar-refractivity contribution in [2.24, 2.45) is 11.1 Å². The first-order chi connectivity index (χ1) is 9.38. The molecule has 0 radical (unpaired) electrons. The average molecular weight is 284 g/mol. The second-order valence-corrected chi connectivity index (χ2v) is 3.76. The Hall–Kier alpha value is -2.32. The molecule has 110 valence electrons. The molecule has 0 aromatic heterocycles. The Morgan fingerprint density at radius 1 is 1.45 bits per heavy atom. The van der Waals surface area contributed by atoms with Crippen molar-refractivity contribution >= 4 is 11.9 Å². The highest BCUT2D eigenvalue weighted by molar-refractivity contribution is 5.98. The lowest BCUT2D eigenvalue weighted by Gasteiger charge is -2.08. The highest BCUT2D eigenvalue weighted by Crippen LogP contribution is 2.21. The van der Waals surface area contributed by atoms with Crippen molar-refractivity contribution in [1.29, 1.82) is 0 Å². The largest absolute Gasteiger partial charge is 0.478 e. The van der Waals surface area contributed by atoms with E-state index in [0.29, 0.717) is 18.6 Å². The molecule has 0 fully saturated rings. The van der Waals surface area contributed by atoms with E-state index in [1.807, 2.05) is 0 Å². The van der Waals surface area contributed by atoms with Gasteiger partial charge in [0.15, 0.2) is 0 Å². The molecule has 0 aliphatic rings. The van der Waals surface area contributed by atoms with Crippen molar-refractivity contribution in [1.82, 2.24) is 0 Å². The van der Waals surface area contributed by atoms with E-state index in [1.165, 1.54) is 7.11 Å². The Morgan fingerprint density at radius 3 is 2.45 bits per heavy atom. The summed E-state index contributed by atoms with van der Waals surface area (Å²) in [5.74, 6) is 2.32. The minimum atomic E-state index is -1.35. The fourth-order valence-corrected chi connectivity index (χ4v) is 1.25. The van der Waals surface area contributed by atoms with Gasteiger partial charge >= 0.3 is 11.9 Å². The number of methoxy groups -OCH3 is 1. The smallest absolute Gasteiger partial charge is 0.358 e. The summed E-state index contributed by atoms with van der Waals surface area (Å²) in [6.07, 6.45) is 1.21. The van der Waals surface area contributed by atoms with Crippen molar-refractivity contribution in [2.45, 2.75) is 13.3 Å². The zero-order valence-electron chi connectivity index (χ0n) is 11.2. The fourth-order valence-electron chi connectivity index (χ4n) is 1.25. The summed E-state index contributed by atoms with van der Waals surface area (Å²) in [6, 6.07) is 0. The molecule has 3 N–H and O–H groups in total. The van der Waals surface area contributed by atoms with Crippen LogP contribution >= 0.6 is 0 Å². The number of carboxylic acids is 1. The Bertz CT molecular complexity index is 478. The Morgan fingerprint density at radius 2 is 2.05 bits per heavy atom. The maximum absolute atomic E-state index is 11.5. The lowest BCUT2D eigenvalue weighted by atomic mass is 10.0. The highest BCUT2D eigenvalue weighted by atomic mass is 16.7. The summed E-state index contributed by atoms with van der Waals surface area (Å²) >= 11 is 0. The highest BCUT2D eigenvalue weighted by Gasteiger charge is 2.20. The fraction of sp³-hybridized carbons (Fsp3) is 0.333. The van der Waals surface area contributed by atoms with Crippen LogP contribution < -0.4 is 5.90 Å². The third-order valence-electron chi connectivity index (χ3n) is 2.35. The van der Waals surface area contributed by atoms with E-state index < -0.39 is 17.5 Å². The van der Waals surface area contributed by atoms with Gasteiger partial charge in [0.05, 0.1) is 11.1 Å². The molecule has 0 aromatic carbocycles. The first-order valence-electron chi connectivity index (χ1n) is 5.46. The van der Waals surface area contributed by atoms with Crippen LogP contribution in [0.25, 0.3) is 0 Å². The molecule has 0 aliphatic carbocycles. The molecule has 0 rings (SSSR count). The third kappa shape index (κ3) is 5.12. The first kappa shape index (κ1) is 17.7. The number of hydrogen-bond donors (Lipinski definition) is 2. The van der Waals surface area contributed by atoms with Crippen LogP contribution in [0.1, 0.15) is 13.3 Å². The van der Waals surface area contributed by atoms with Gasteiger partial charge in [0, 0.05) is 13.7 Å². The quantitative estimate of drug-likeness (QED) is 0.295. The van der Waals surface area contributed by atoms with Crippen LogP contribution in [-0.4, -0.2) is 30.8 Å². The van der Waals surface area contributed by atoms with Crippen LogP contribution in [0.5, 0.6) is 0 Å². The molecule has 0 spiro atoms. The van der Waals surface area contributed by atoms with Crippen molar-refractivity contribution in [3.63, 3.8) is 0 Å². The zero-order chi connectivity index (χ0) is 15.7. The van der Waals surface area contributed by atoms with E-state index in [9.17, 15) is 14.5 Å². The van der Waals surface area contributed by atoms with Gasteiger partial charge < -0.3 is 14.7 Å². The molecule has 0 bridgehead atoms. The van der Waals surface area contributed by atoms with Crippen LogP contribution in [0.4, 0.5) is 0 Å². The first-order valence-corrected chi connectivity index (χ1v) is 5.46. The van der Waals surface area contributed by atoms with Crippen LogP contribution in [-0.2, 0) is 19.2 Å². The van der Waals surface area contributed by atoms with Crippen LogP contribution in [0.3, 0.4) is 0 Å². The van der Waals surface area contributed by atoms with E-state index in [1.54, 1.807) is 6.92 Å². The van der Waals surface area contributed by atoms with Gasteiger partial charge in [-0.3, -0.25) is 0 Å². The number of nitrogens with two attached hydrogens (primary N) is 1. The topological polar surface area (TPSA) is 128 Å². The molecule has 0 heterocycles. The summed E-state index contributed by atoms with van der Waals surface area (Å²) < 4.78 is 4.84. The van der Waals surface area contributed by atoms with Gasteiger partial charge in [-0.2, -0.15) is 5.90 Å². The molecule has 0 aromatic rings. The summed E-state index contributed by atoms with van der Waals surface area (Å²) in [5, 5.41) is 11.5. The second-order valence-electron chi connectivity index (χ2n) is 3.76. The maximum atomic E-state index is 11.5. The third-order valence-corrected chi connectivity index (χ3v) is 2.35. The zero-order valence-corrected chi connectivity index (χ0v) is 11.2. The predicted molar refractivity (Wildman–Crippen MR) is 70.1 cm³/mol. The van der Waals surface area contributed by atoms with E-state index in [2.05, 4.69) is 16.6 Å².